The number of hydrogen-bond acceptors (Lipinski definition) is 7. The minimum Gasteiger partial charge on any atom is -0.495 e. The van der Waals surface area contributed by atoms with Crippen molar-refractivity contribution < 1.29 is 23.8 Å². The number of imidazole rings is 1. The van der Waals surface area contributed by atoms with Crippen LogP contribution in [0, 0.1) is 0 Å². The molecule has 32 heavy (non-hydrogen) atoms. The Morgan fingerprint density at radius 3 is 2.53 bits per heavy atom. The molecule has 1 heterocycles. The minimum atomic E-state index is -0.388. The highest BCUT2D eigenvalue weighted by atomic mass is 35.5. The number of nitrogens with zero attached hydrogens (tertiary/aromatic N) is 2. The topological polar surface area (TPSA) is 91.7 Å². The van der Waals surface area contributed by atoms with Gasteiger partial charge in [0.2, 0.25) is 5.91 Å². The summed E-state index contributed by atoms with van der Waals surface area (Å²) in [5.41, 5.74) is 2.45. The number of methoxy groups -OCH3 is 2. The number of ether oxygens (including phenoxy) is 3. The molecule has 0 aliphatic rings. The molecule has 0 atom stereocenters. The molecule has 0 aliphatic carbocycles. The summed E-state index contributed by atoms with van der Waals surface area (Å²) in [7, 11) is 3.01. The van der Waals surface area contributed by atoms with Crippen molar-refractivity contribution in [2.75, 3.05) is 31.9 Å². The Morgan fingerprint density at radius 2 is 1.88 bits per heavy atom. The van der Waals surface area contributed by atoms with E-state index in [9.17, 15) is 9.59 Å². The monoisotopic (exact) mass is 477 g/mol. The molecule has 0 radical (unpaired) electrons. The third-order valence-electron chi connectivity index (χ3n) is 4.62. The number of anilines is 1. The first-order chi connectivity index (χ1) is 15.4. The molecule has 3 aromatic rings. The summed E-state index contributed by atoms with van der Waals surface area (Å²) in [6.07, 6.45) is 0. The molecule has 8 nitrogen and oxygen atoms in total. The number of halogens is 1. The Labute approximate surface area is 195 Å². The maximum absolute atomic E-state index is 12.6. The van der Waals surface area contributed by atoms with Gasteiger partial charge in [-0.25, -0.2) is 9.78 Å². The van der Waals surface area contributed by atoms with Crippen LogP contribution in [0.15, 0.2) is 35.5 Å². The van der Waals surface area contributed by atoms with Crippen LogP contribution in [0.4, 0.5) is 5.69 Å². The number of nitrogens with one attached hydrogen (secondary N) is 1. The van der Waals surface area contributed by atoms with Crippen LogP contribution in [0.2, 0.25) is 5.02 Å². The van der Waals surface area contributed by atoms with Gasteiger partial charge in [0, 0.05) is 12.6 Å². The first-order valence-electron chi connectivity index (χ1n) is 9.93. The third kappa shape index (κ3) is 5.11. The Morgan fingerprint density at radius 1 is 1.12 bits per heavy atom. The minimum absolute atomic E-state index is 0.126. The van der Waals surface area contributed by atoms with Crippen molar-refractivity contribution in [3.05, 3.63) is 40.9 Å². The standard InChI is InChI=1S/C22H24ClN3O5S/c1-5-26-17-8-7-13(21(28)31-6-2)9-15(17)25-22(26)32-12-20(27)24-16-10-14(23)18(29-3)11-19(16)30-4/h7-11H,5-6,12H2,1-4H3,(H,24,27). The zero-order chi connectivity index (χ0) is 23.3. The normalized spacial score (nSPS) is 10.8. The van der Waals surface area contributed by atoms with Crippen molar-refractivity contribution in [2.45, 2.75) is 25.5 Å². The number of hydrogen-bond donors (Lipinski definition) is 1. The van der Waals surface area contributed by atoms with Gasteiger partial charge in [0.1, 0.15) is 11.5 Å². The number of amides is 1. The van der Waals surface area contributed by atoms with Crippen LogP contribution in [-0.4, -0.2) is 48.0 Å². The smallest absolute Gasteiger partial charge is 0.338 e. The number of carbonyl (C=O) groups is 2. The van der Waals surface area contributed by atoms with E-state index in [0.717, 1.165) is 5.52 Å². The zero-order valence-electron chi connectivity index (χ0n) is 18.2. The van der Waals surface area contributed by atoms with Gasteiger partial charge in [0.25, 0.3) is 0 Å². The van der Waals surface area contributed by atoms with Crippen molar-refractivity contribution in [3.63, 3.8) is 0 Å². The third-order valence-corrected chi connectivity index (χ3v) is 5.89. The lowest BCUT2D eigenvalue weighted by molar-refractivity contribution is -0.113. The lowest BCUT2D eigenvalue weighted by atomic mass is 10.2. The van der Waals surface area contributed by atoms with Gasteiger partial charge in [-0.05, 0) is 38.1 Å². The van der Waals surface area contributed by atoms with Crippen LogP contribution in [0.1, 0.15) is 24.2 Å². The van der Waals surface area contributed by atoms with Gasteiger partial charge < -0.3 is 24.1 Å². The number of thioether (sulfide) groups is 1. The van der Waals surface area contributed by atoms with E-state index < -0.39 is 0 Å². The van der Waals surface area contributed by atoms with Crippen molar-refractivity contribution in [2.24, 2.45) is 0 Å². The zero-order valence-corrected chi connectivity index (χ0v) is 19.8. The van der Waals surface area contributed by atoms with Crippen LogP contribution in [0.25, 0.3) is 11.0 Å². The first kappa shape index (κ1) is 23.7. The number of rotatable bonds is 9. The molecule has 1 N–H and O–H groups in total. The number of aryl methyl sites for hydroxylation is 1. The Balaban J connectivity index is 1.76. The van der Waals surface area contributed by atoms with E-state index in [1.54, 1.807) is 31.2 Å². The van der Waals surface area contributed by atoms with Gasteiger partial charge >= 0.3 is 5.97 Å². The molecule has 10 heteroatoms. The van der Waals surface area contributed by atoms with E-state index in [0.29, 0.717) is 51.6 Å². The Kier molecular flexibility index (Phi) is 7.87. The molecule has 0 saturated heterocycles. The Hall–Kier alpha value is -2.91. The highest BCUT2D eigenvalue weighted by Crippen LogP contribution is 2.36. The highest BCUT2D eigenvalue weighted by Gasteiger charge is 2.17. The van der Waals surface area contributed by atoms with Crippen LogP contribution < -0.4 is 14.8 Å². The molecule has 3 rings (SSSR count). The second kappa shape index (κ2) is 10.6. The van der Waals surface area contributed by atoms with Crippen LogP contribution in [0.3, 0.4) is 0 Å². The molecule has 0 aliphatic heterocycles. The molecule has 1 amide bonds. The molecule has 0 unspecified atom stereocenters. The molecule has 0 fully saturated rings. The molecule has 170 valence electrons. The predicted octanol–water partition coefficient (Wildman–Crippen LogP) is 4.63. The highest BCUT2D eigenvalue weighted by molar-refractivity contribution is 7.99. The largest absolute Gasteiger partial charge is 0.495 e. The van der Waals surface area contributed by atoms with Crippen molar-refractivity contribution >= 4 is 52.0 Å². The average molecular weight is 478 g/mol. The molecular formula is C22H24ClN3O5S. The van der Waals surface area contributed by atoms with E-state index >= 15 is 0 Å². The van der Waals surface area contributed by atoms with Crippen LogP contribution >= 0.6 is 23.4 Å². The quantitative estimate of drug-likeness (QED) is 0.354. The lowest BCUT2D eigenvalue weighted by Crippen LogP contribution is -2.15. The summed E-state index contributed by atoms with van der Waals surface area (Å²) in [5.74, 6) is 0.394. The van der Waals surface area contributed by atoms with Crippen molar-refractivity contribution in [1.29, 1.82) is 0 Å². The average Bonchev–Trinajstić information content (AvgIpc) is 3.14. The Bertz CT molecular complexity index is 1150. The fraction of sp³-hybridized carbons (Fsp3) is 0.318. The maximum atomic E-state index is 12.6. The number of esters is 1. The number of carbonyl (C=O) groups excluding carboxylic acids is 2. The lowest BCUT2D eigenvalue weighted by Gasteiger charge is -2.13. The van der Waals surface area contributed by atoms with E-state index in [2.05, 4.69) is 10.3 Å². The van der Waals surface area contributed by atoms with Crippen molar-refractivity contribution in [1.82, 2.24) is 9.55 Å². The van der Waals surface area contributed by atoms with E-state index in [1.165, 1.54) is 26.0 Å². The summed E-state index contributed by atoms with van der Waals surface area (Å²) >= 11 is 7.47. The van der Waals surface area contributed by atoms with Gasteiger partial charge in [0.15, 0.2) is 5.16 Å². The fourth-order valence-corrected chi connectivity index (χ4v) is 4.26. The predicted molar refractivity (Wildman–Crippen MR) is 125 cm³/mol. The SMILES string of the molecule is CCOC(=O)c1ccc2c(c1)nc(SCC(=O)Nc1cc(Cl)c(OC)cc1OC)n2CC. The maximum Gasteiger partial charge on any atom is 0.338 e. The summed E-state index contributed by atoms with van der Waals surface area (Å²) in [6.45, 7) is 4.73. The number of benzene rings is 2. The molecular weight excluding hydrogens is 454 g/mol. The van der Waals surface area contributed by atoms with E-state index in [-0.39, 0.29) is 17.6 Å². The molecule has 0 bridgehead atoms. The summed E-state index contributed by atoms with van der Waals surface area (Å²) in [5, 5.41) is 3.85. The molecule has 0 saturated carbocycles. The van der Waals surface area contributed by atoms with Crippen LogP contribution in [0.5, 0.6) is 11.5 Å². The summed E-state index contributed by atoms with van der Waals surface area (Å²) in [6, 6.07) is 8.46. The van der Waals surface area contributed by atoms with Gasteiger partial charge in [-0.15, -0.1) is 0 Å². The number of aromatic nitrogens is 2. The molecule has 0 spiro atoms. The second-order valence-corrected chi connectivity index (χ2v) is 7.94. The molecule has 2 aromatic carbocycles. The summed E-state index contributed by atoms with van der Waals surface area (Å²) < 4.78 is 17.5. The van der Waals surface area contributed by atoms with E-state index in [4.69, 9.17) is 25.8 Å². The van der Waals surface area contributed by atoms with Gasteiger partial charge in [-0.3, -0.25) is 4.79 Å². The molecule has 1 aromatic heterocycles. The number of fused-ring (bicyclic) bond motifs is 1. The summed E-state index contributed by atoms with van der Waals surface area (Å²) in [4.78, 5) is 29.2. The fourth-order valence-electron chi connectivity index (χ4n) is 3.14. The second-order valence-electron chi connectivity index (χ2n) is 6.59. The van der Waals surface area contributed by atoms with E-state index in [1.807, 2.05) is 17.6 Å². The van der Waals surface area contributed by atoms with Gasteiger partial charge in [-0.1, -0.05) is 23.4 Å². The van der Waals surface area contributed by atoms with Crippen molar-refractivity contribution in [3.8, 4) is 11.5 Å². The van der Waals surface area contributed by atoms with Crippen LogP contribution in [-0.2, 0) is 16.1 Å². The van der Waals surface area contributed by atoms with Gasteiger partial charge in [-0.2, -0.15) is 0 Å². The first-order valence-corrected chi connectivity index (χ1v) is 11.3. The van der Waals surface area contributed by atoms with Gasteiger partial charge in [0.05, 0.1) is 53.9 Å².